The van der Waals surface area contributed by atoms with E-state index in [9.17, 15) is 0 Å². The summed E-state index contributed by atoms with van der Waals surface area (Å²) >= 11 is 0. The summed E-state index contributed by atoms with van der Waals surface area (Å²) in [7, 11) is 0. The Labute approximate surface area is 102 Å². The fourth-order valence-corrected chi connectivity index (χ4v) is 2.64. The first kappa shape index (κ1) is 10.6. The predicted molar refractivity (Wildman–Crippen MR) is 70.5 cm³/mol. The molecule has 1 N–H and O–H groups in total. The van der Waals surface area contributed by atoms with Gasteiger partial charge in [0.2, 0.25) is 0 Å². The highest BCUT2D eigenvalue weighted by Gasteiger charge is 2.31. The third-order valence-electron chi connectivity index (χ3n) is 3.44. The highest BCUT2D eigenvalue weighted by molar-refractivity contribution is 5.90. The minimum atomic E-state index is 0.204. The van der Waals surface area contributed by atoms with E-state index in [-0.39, 0.29) is 6.10 Å². The van der Waals surface area contributed by atoms with Gasteiger partial charge in [-0.2, -0.15) is 0 Å². The molecule has 3 rings (SSSR count). The van der Waals surface area contributed by atoms with Crippen LogP contribution < -0.4 is 10.1 Å². The van der Waals surface area contributed by atoms with E-state index in [1.807, 2.05) is 0 Å². The van der Waals surface area contributed by atoms with Gasteiger partial charge in [0, 0.05) is 10.9 Å². The lowest BCUT2D eigenvalue weighted by molar-refractivity contribution is 0.213. The van der Waals surface area contributed by atoms with E-state index in [1.54, 1.807) is 0 Å². The van der Waals surface area contributed by atoms with Gasteiger partial charge in [0.15, 0.2) is 0 Å². The summed E-state index contributed by atoms with van der Waals surface area (Å²) in [6.45, 7) is 5.22. The minimum Gasteiger partial charge on any atom is -0.488 e. The van der Waals surface area contributed by atoms with Gasteiger partial charge in [0.25, 0.3) is 0 Å². The number of ether oxygens (including phenoxy) is 1. The average molecular weight is 227 g/mol. The minimum absolute atomic E-state index is 0.204. The van der Waals surface area contributed by atoms with Gasteiger partial charge in [-0.05, 0) is 18.9 Å². The van der Waals surface area contributed by atoms with Crippen LogP contribution in [0.4, 0.5) is 0 Å². The van der Waals surface area contributed by atoms with Crippen molar-refractivity contribution in [2.75, 3.05) is 6.54 Å². The standard InChI is InChI=1S/C15H17NO/c1-3-16-14-10(2)17-15-12-7-5-4-6-11(12)8-9-13(14)15/h4-10,14,16H,3H2,1-2H3. The van der Waals surface area contributed by atoms with Crippen molar-refractivity contribution in [2.24, 2.45) is 0 Å². The molecule has 0 aromatic heterocycles. The van der Waals surface area contributed by atoms with Gasteiger partial charge in [0.05, 0.1) is 6.04 Å². The maximum Gasteiger partial charge on any atom is 0.132 e. The van der Waals surface area contributed by atoms with Crippen LogP contribution in [0.3, 0.4) is 0 Å². The first-order valence-corrected chi connectivity index (χ1v) is 6.23. The zero-order chi connectivity index (χ0) is 11.8. The van der Waals surface area contributed by atoms with E-state index >= 15 is 0 Å². The van der Waals surface area contributed by atoms with Gasteiger partial charge >= 0.3 is 0 Å². The number of benzene rings is 2. The van der Waals surface area contributed by atoms with Crippen molar-refractivity contribution in [2.45, 2.75) is 26.0 Å². The zero-order valence-corrected chi connectivity index (χ0v) is 10.2. The average Bonchev–Trinajstić information content (AvgIpc) is 2.67. The molecule has 2 unspecified atom stereocenters. The van der Waals surface area contributed by atoms with Crippen LogP contribution >= 0.6 is 0 Å². The second kappa shape index (κ2) is 4.04. The number of hydrogen-bond donors (Lipinski definition) is 1. The fourth-order valence-electron chi connectivity index (χ4n) is 2.64. The summed E-state index contributed by atoms with van der Waals surface area (Å²) in [5.74, 6) is 1.06. The van der Waals surface area contributed by atoms with Gasteiger partial charge in [-0.25, -0.2) is 0 Å². The molecule has 0 saturated carbocycles. The Bertz CT molecular complexity index is 550. The molecule has 2 atom stereocenters. The van der Waals surface area contributed by atoms with Crippen molar-refractivity contribution in [1.29, 1.82) is 0 Å². The maximum atomic E-state index is 6.02. The van der Waals surface area contributed by atoms with E-state index in [4.69, 9.17) is 4.74 Å². The molecule has 2 aromatic rings. The van der Waals surface area contributed by atoms with Crippen LogP contribution in [0.25, 0.3) is 10.8 Å². The summed E-state index contributed by atoms with van der Waals surface area (Å²) in [6, 6.07) is 13.1. The van der Waals surface area contributed by atoms with Crippen LogP contribution in [0.1, 0.15) is 25.5 Å². The highest BCUT2D eigenvalue weighted by atomic mass is 16.5. The summed E-state index contributed by atoms with van der Waals surface area (Å²) in [5, 5.41) is 5.96. The van der Waals surface area contributed by atoms with Gasteiger partial charge < -0.3 is 10.1 Å². The van der Waals surface area contributed by atoms with Gasteiger partial charge in [-0.3, -0.25) is 0 Å². The van der Waals surface area contributed by atoms with Gasteiger partial charge in [-0.1, -0.05) is 43.3 Å². The van der Waals surface area contributed by atoms with Crippen LogP contribution in [0, 0.1) is 0 Å². The molecule has 88 valence electrons. The molecule has 0 fully saturated rings. The Morgan fingerprint density at radius 2 is 2.00 bits per heavy atom. The fraction of sp³-hybridized carbons (Fsp3) is 0.333. The molecule has 1 aliphatic rings. The number of rotatable bonds is 2. The van der Waals surface area contributed by atoms with Crippen LogP contribution in [-0.2, 0) is 0 Å². The molecule has 2 nitrogen and oxygen atoms in total. The molecule has 1 heterocycles. The molecule has 0 amide bonds. The largest absolute Gasteiger partial charge is 0.488 e. The molecular weight excluding hydrogens is 210 g/mol. The van der Waals surface area contributed by atoms with Crippen molar-refractivity contribution >= 4 is 10.8 Å². The molecule has 1 aliphatic heterocycles. The molecule has 17 heavy (non-hydrogen) atoms. The van der Waals surface area contributed by atoms with E-state index in [1.165, 1.54) is 16.3 Å². The summed E-state index contributed by atoms with van der Waals surface area (Å²) in [4.78, 5) is 0. The summed E-state index contributed by atoms with van der Waals surface area (Å²) in [5.41, 5.74) is 1.29. The Hall–Kier alpha value is -1.54. The van der Waals surface area contributed by atoms with Gasteiger partial charge in [0.1, 0.15) is 11.9 Å². The number of nitrogens with one attached hydrogen (secondary N) is 1. The Morgan fingerprint density at radius 3 is 2.82 bits per heavy atom. The lowest BCUT2D eigenvalue weighted by Gasteiger charge is -2.14. The molecule has 0 radical (unpaired) electrons. The lowest BCUT2D eigenvalue weighted by atomic mass is 10.0. The third kappa shape index (κ3) is 1.60. The van der Waals surface area contributed by atoms with Crippen LogP contribution in [0.15, 0.2) is 36.4 Å². The van der Waals surface area contributed by atoms with Crippen LogP contribution in [-0.4, -0.2) is 12.6 Å². The molecule has 0 saturated heterocycles. The topological polar surface area (TPSA) is 21.3 Å². The molecular formula is C15H17NO. The molecule has 2 heteroatoms. The number of hydrogen-bond acceptors (Lipinski definition) is 2. The molecule has 0 spiro atoms. The monoisotopic (exact) mass is 227 g/mol. The Morgan fingerprint density at radius 1 is 1.18 bits per heavy atom. The second-order valence-electron chi connectivity index (χ2n) is 4.56. The quantitative estimate of drug-likeness (QED) is 0.850. The van der Waals surface area contributed by atoms with Crippen molar-refractivity contribution in [3.8, 4) is 5.75 Å². The summed E-state index contributed by atoms with van der Waals surface area (Å²) < 4.78 is 6.02. The predicted octanol–water partition coefficient (Wildman–Crippen LogP) is 3.27. The van der Waals surface area contributed by atoms with Crippen LogP contribution in [0.2, 0.25) is 0 Å². The van der Waals surface area contributed by atoms with E-state index in [0.717, 1.165) is 12.3 Å². The highest BCUT2D eigenvalue weighted by Crippen LogP contribution is 2.41. The van der Waals surface area contributed by atoms with Crippen molar-refractivity contribution in [3.05, 3.63) is 42.0 Å². The smallest absolute Gasteiger partial charge is 0.132 e. The Kier molecular flexibility index (Phi) is 2.52. The van der Waals surface area contributed by atoms with Gasteiger partial charge in [-0.15, -0.1) is 0 Å². The SMILES string of the molecule is CCNC1c2ccc3ccccc3c2OC1C. The third-order valence-corrected chi connectivity index (χ3v) is 3.44. The Balaban J connectivity index is 2.17. The van der Waals surface area contributed by atoms with E-state index in [2.05, 4.69) is 55.6 Å². The van der Waals surface area contributed by atoms with Crippen LogP contribution in [0.5, 0.6) is 5.75 Å². The number of fused-ring (bicyclic) bond motifs is 3. The summed E-state index contributed by atoms with van der Waals surface area (Å²) in [6.07, 6.45) is 0.204. The second-order valence-corrected chi connectivity index (χ2v) is 4.56. The van der Waals surface area contributed by atoms with Crippen molar-refractivity contribution in [3.63, 3.8) is 0 Å². The molecule has 0 bridgehead atoms. The first-order valence-electron chi connectivity index (χ1n) is 6.23. The van der Waals surface area contributed by atoms with Crippen molar-refractivity contribution in [1.82, 2.24) is 5.32 Å². The first-order chi connectivity index (χ1) is 8.31. The maximum absolute atomic E-state index is 6.02. The lowest BCUT2D eigenvalue weighted by Crippen LogP contribution is -2.28. The molecule has 2 aromatic carbocycles. The molecule has 0 aliphatic carbocycles. The van der Waals surface area contributed by atoms with Crippen molar-refractivity contribution < 1.29 is 4.74 Å². The normalized spacial score (nSPS) is 22.5. The van der Waals surface area contributed by atoms with E-state index < -0.39 is 0 Å². The van der Waals surface area contributed by atoms with E-state index in [0.29, 0.717) is 6.04 Å². The number of likely N-dealkylation sites (N-methyl/N-ethyl adjacent to an activating group) is 1. The zero-order valence-electron chi connectivity index (χ0n) is 10.2.